The Morgan fingerprint density at radius 2 is 1.70 bits per heavy atom. The number of nitrogens with one attached hydrogen (secondary N) is 1. The molecule has 0 saturated carbocycles. The third-order valence-corrected chi connectivity index (χ3v) is 5.75. The van der Waals surface area contributed by atoms with Crippen molar-refractivity contribution in [2.45, 2.75) is 26.7 Å². The van der Waals surface area contributed by atoms with Crippen LogP contribution in [0.2, 0.25) is 0 Å². The van der Waals surface area contributed by atoms with Gasteiger partial charge in [0, 0.05) is 56.3 Å². The van der Waals surface area contributed by atoms with Gasteiger partial charge in [-0.2, -0.15) is 4.98 Å². The van der Waals surface area contributed by atoms with E-state index in [-0.39, 0.29) is 11.8 Å². The van der Waals surface area contributed by atoms with Crippen molar-refractivity contribution in [3.63, 3.8) is 0 Å². The van der Waals surface area contributed by atoms with E-state index in [0.717, 1.165) is 38.0 Å². The minimum absolute atomic E-state index is 0.0264. The summed E-state index contributed by atoms with van der Waals surface area (Å²) in [5.74, 6) is 1.18. The zero-order chi connectivity index (χ0) is 23.2. The second kappa shape index (κ2) is 10.4. The van der Waals surface area contributed by atoms with Gasteiger partial charge < -0.3 is 14.7 Å². The molecule has 2 amide bonds. The molecule has 0 unspecified atom stereocenters. The van der Waals surface area contributed by atoms with Gasteiger partial charge in [-0.25, -0.2) is 0 Å². The highest BCUT2D eigenvalue weighted by Gasteiger charge is 2.22. The molecule has 1 N–H and O–H groups in total. The molecule has 172 valence electrons. The number of rotatable bonds is 7. The quantitative estimate of drug-likeness (QED) is 0.597. The lowest BCUT2D eigenvalue weighted by Crippen LogP contribution is -2.48. The summed E-state index contributed by atoms with van der Waals surface area (Å²) in [4.78, 5) is 32.7. The van der Waals surface area contributed by atoms with Crippen molar-refractivity contribution in [1.29, 1.82) is 0 Å². The predicted molar refractivity (Wildman–Crippen MR) is 126 cm³/mol. The average Bonchev–Trinajstić information content (AvgIpc) is 3.29. The number of nitrogens with zero attached hydrogens (tertiary/aromatic N) is 4. The number of anilines is 1. The van der Waals surface area contributed by atoms with Crippen LogP contribution in [0.5, 0.6) is 0 Å². The van der Waals surface area contributed by atoms with Crippen molar-refractivity contribution >= 4 is 17.5 Å². The molecule has 1 aliphatic rings. The highest BCUT2D eigenvalue weighted by atomic mass is 16.5. The molecule has 1 saturated heterocycles. The Morgan fingerprint density at radius 1 is 1.00 bits per heavy atom. The molecule has 4 rings (SSSR count). The number of benzene rings is 2. The maximum Gasteiger partial charge on any atom is 0.253 e. The van der Waals surface area contributed by atoms with Gasteiger partial charge in [-0.15, -0.1) is 0 Å². The number of aryl methyl sites for hydroxylation is 2. The monoisotopic (exact) mass is 447 g/mol. The van der Waals surface area contributed by atoms with Crippen molar-refractivity contribution < 1.29 is 14.1 Å². The number of carbonyl (C=O) groups is 2. The first-order chi connectivity index (χ1) is 16.0. The number of hydrogen-bond donors (Lipinski definition) is 1. The number of piperazine rings is 1. The summed E-state index contributed by atoms with van der Waals surface area (Å²) in [5.41, 5.74) is 3.49. The van der Waals surface area contributed by atoms with Crippen molar-refractivity contribution in [3.8, 4) is 11.4 Å². The Kier molecular flexibility index (Phi) is 7.14. The zero-order valence-electron chi connectivity index (χ0n) is 19.1. The lowest BCUT2D eigenvalue weighted by molar-refractivity contribution is -0.114. The van der Waals surface area contributed by atoms with Crippen LogP contribution in [0.4, 0.5) is 5.69 Å². The molecule has 0 spiro atoms. The summed E-state index contributed by atoms with van der Waals surface area (Å²) < 4.78 is 5.41. The smallest absolute Gasteiger partial charge is 0.253 e. The molecule has 0 radical (unpaired) electrons. The standard InChI is InChI=1S/C25H29N5O3/c1-18-5-7-20(8-6-18)24-27-23(33-28-24)4-3-13-29-14-16-30(17-15-29)25(32)21-9-11-22(12-10-21)26-19(2)31/h5-12H,3-4,13-17H2,1-2H3,(H,26,31). The fourth-order valence-corrected chi connectivity index (χ4v) is 3.89. The summed E-state index contributed by atoms with van der Waals surface area (Å²) in [6.07, 6.45) is 1.66. The Morgan fingerprint density at radius 3 is 2.36 bits per heavy atom. The van der Waals surface area contributed by atoms with Crippen LogP contribution in [0, 0.1) is 6.92 Å². The van der Waals surface area contributed by atoms with E-state index in [1.807, 2.05) is 36.1 Å². The van der Waals surface area contributed by atoms with Gasteiger partial charge >= 0.3 is 0 Å². The van der Waals surface area contributed by atoms with Crippen molar-refractivity contribution in [1.82, 2.24) is 19.9 Å². The number of aromatic nitrogens is 2. The molecule has 8 nitrogen and oxygen atoms in total. The highest BCUT2D eigenvalue weighted by molar-refractivity contribution is 5.95. The SMILES string of the molecule is CC(=O)Nc1ccc(C(=O)N2CCN(CCCc3nc(-c4ccc(C)cc4)no3)CC2)cc1. The molecule has 0 atom stereocenters. The lowest BCUT2D eigenvalue weighted by atomic mass is 10.1. The van der Waals surface area contributed by atoms with Gasteiger partial charge in [0.25, 0.3) is 5.91 Å². The van der Waals surface area contributed by atoms with E-state index in [1.54, 1.807) is 24.3 Å². The summed E-state index contributed by atoms with van der Waals surface area (Å²) in [7, 11) is 0. The largest absolute Gasteiger partial charge is 0.339 e. The van der Waals surface area contributed by atoms with Crippen molar-refractivity contribution in [2.24, 2.45) is 0 Å². The molecule has 8 heteroatoms. The molecule has 1 aliphatic heterocycles. The molecule has 1 fully saturated rings. The van der Waals surface area contributed by atoms with Gasteiger partial charge in [0.15, 0.2) is 0 Å². The van der Waals surface area contributed by atoms with Gasteiger partial charge in [0.05, 0.1) is 0 Å². The summed E-state index contributed by atoms with van der Waals surface area (Å²) in [6, 6.07) is 15.1. The Balaban J connectivity index is 1.20. The third-order valence-electron chi connectivity index (χ3n) is 5.75. The first kappa shape index (κ1) is 22.7. The second-order valence-corrected chi connectivity index (χ2v) is 8.37. The maximum absolute atomic E-state index is 12.8. The summed E-state index contributed by atoms with van der Waals surface area (Å²) in [5, 5.41) is 6.81. The van der Waals surface area contributed by atoms with Crippen molar-refractivity contribution in [3.05, 3.63) is 65.5 Å². The summed E-state index contributed by atoms with van der Waals surface area (Å²) >= 11 is 0. The Labute approximate surface area is 193 Å². The molecule has 3 aromatic rings. The minimum atomic E-state index is -0.129. The number of hydrogen-bond acceptors (Lipinski definition) is 6. The van der Waals surface area contributed by atoms with Crippen LogP contribution in [-0.4, -0.2) is 64.5 Å². The molecule has 2 heterocycles. The molecular weight excluding hydrogens is 418 g/mol. The van der Waals surface area contributed by atoms with E-state index in [4.69, 9.17) is 4.52 Å². The number of carbonyl (C=O) groups excluding carboxylic acids is 2. The average molecular weight is 448 g/mol. The second-order valence-electron chi connectivity index (χ2n) is 8.37. The normalized spacial score (nSPS) is 14.3. The lowest BCUT2D eigenvalue weighted by Gasteiger charge is -2.34. The molecule has 1 aromatic heterocycles. The Bertz CT molecular complexity index is 1080. The van der Waals surface area contributed by atoms with Crippen LogP contribution in [-0.2, 0) is 11.2 Å². The van der Waals surface area contributed by atoms with E-state index < -0.39 is 0 Å². The van der Waals surface area contributed by atoms with Crippen LogP contribution < -0.4 is 5.32 Å². The molecule has 2 aromatic carbocycles. The van der Waals surface area contributed by atoms with E-state index in [0.29, 0.717) is 36.1 Å². The van der Waals surface area contributed by atoms with Crippen molar-refractivity contribution in [2.75, 3.05) is 38.0 Å². The van der Waals surface area contributed by atoms with Crippen LogP contribution in [0.3, 0.4) is 0 Å². The van der Waals surface area contributed by atoms with Crippen LogP contribution >= 0.6 is 0 Å². The van der Waals surface area contributed by atoms with E-state index in [9.17, 15) is 9.59 Å². The van der Waals surface area contributed by atoms with Crippen LogP contribution in [0.15, 0.2) is 53.1 Å². The highest BCUT2D eigenvalue weighted by Crippen LogP contribution is 2.17. The van der Waals surface area contributed by atoms with Crippen LogP contribution in [0.1, 0.15) is 35.2 Å². The van der Waals surface area contributed by atoms with E-state index >= 15 is 0 Å². The first-order valence-corrected chi connectivity index (χ1v) is 11.3. The topological polar surface area (TPSA) is 91.6 Å². The zero-order valence-corrected chi connectivity index (χ0v) is 19.1. The van der Waals surface area contributed by atoms with Gasteiger partial charge in [-0.05, 0) is 44.2 Å². The fourth-order valence-electron chi connectivity index (χ4n) is 3.89. The third kappa shape index (κ3) is 6.04. The number of amides is 2. The first-order valence-electron chi connectivity index (χ1n) is 11.3. The van der Waals surface area contributed by atoms with Gasteiger partial charge in [0.1, 0.15) is 0 Å². The van der Waals surface area contributed by atoms with Gasteiger partial charge in [0.2, 0.25) is 17.6 Å². The molecule has 33 heavy (non-hydrogen) atoms. The summed E-state index contributed by atoms with van der Waals surface area (Å²) in [6.45, 7) is 7.52. The maximum atomic E-state index is 12.8. The van der Waals surface area contributed by atoms with E-state index in [2.05, 4.69) is 20.4 Å². The minimum Gasteiger partial charge on any atom is -0.339 e. The Hall–Kier alpha value is -3.52. The molecular formula is C25H29N5O3. The van der Waals surface area contributed by atoms with E-state index in [1.165, 1.54) is 12.5 Å². The van der Waals surface area contributed by atoms with Crippen LogP contribution in [0.25, 0.3) is 11.4 Å². The fraction of sp³-hybridized carbons (Fsp3) is 0.360. The van der Waals surface area contributed by atoms with Gasteiger partial charge in [-0.3, -0.25) is 14.5 Å². The van der Waals surface area contributed by atoms with Gasteiger partial charge in [-0.1, -0.05) is 35.0 Å². The molecule has 0 aliphatic carbocycles. The molecule has 0 bridgehead atoms. The predicted octanol–water partition coefficient (Wildman–Crippen LogP) is 3.39.